The van der Waals surface area contributed by atoms with Crippen LogP contribution in [0.5, 0.6) is 0 Å². The monoisotopic (exact) mass is 190 g/mol. The zero-order chi connectivity index (χ0) is 7.44. The van der Waals surface area contributed by atoms with E-state index in [-0.39, 0.29) is 11.7 Å². The minimum Gasteiger partial charge on any atom is -0.300 e. The summed E-state index contributed by atoms with van der Waals surface area (Å²) in [6.45, 7) is 7.14. The van der Waals surface area contributed by atoms with Crippen molar-refractivity contribution in [2.24, 2.45) is 5.92 Å². The van der Waals surface area contributed by atoms with Crippen molar-refractivity contribution < 1.29 is 4.79 Å². The third-order valence-electron chi connectivity index (χ3n) is 1.22. The molecule has 0 spiro atoms. The molecule has 0 aliphatic heterocycles. The molecule has 0 aromatic carbocycles. The molecule has 0 heterocycles. The standard InChI is InChI=1S/C7H11BrO/c1-5(7(3)9)4-6(2)8/h5H,2,4H2,1,3H3. The largest absolute Gasteiger partial charge is 0.300 e. The van der Waals surface area contributed by atoms with Gasteiger partial charge in [-0.2, -0.15) is 0 Å². The van der Waals surface area contributed by atoms with E-state index in [4.69, 9.17) is 0 Å². The Morgan fingerprint density at radius 1 is 1.78 bits per heavy atom. The number of carbonyl (C=O) groups is 1. The highest BCUT2D eigenvalue weighted by atomic mass is 79.9. The summed E-state index contributed by atoms with van der Waals surface area (Å²) in [5.74, 6) is 0.326. The first-order valence-electron chi connectivity index (χ1n) is 2.87. The lowest BCUT2D eigenvalue weighted by molar-refractivity contribution is -0.120. The molecule has 0 bridgehead atoms. The highest BCUT2D eigenvalue weighted by molar-refractivity contribution is 9.11. The van der Waals surface area contributed by atoms with Crippen molar-refractivity contribution in [2.75, 3.05) is 0 Å². The molecule has 0 aromatic rings. The van der Waals surface area contributed by atoms with E-state index < -0.39 is 0 Å². The van der Waals surface area contributed by atoms with Crippen molar-refractivity contribution in [1.82, 2.24) is 0 Å². The molecule has 9 heavy (non-hydrogen) atoms. The summed E-state index contributed by atoms with van der Waals surface area (Å²) in [6.07, 6.45) is 0.745. The van der Waals surface area contributed by atoms with E-state index in [1.54, 1.807) is 6.92 Å². The molecule has 0 aromatic heterocycles. The lowest BCUT2D eigenvalue weighted by Crippen LogP contribution is -2.04. The van der Waals surface area contributed by atoms with Crippen LogP contribution in [0.3, 0.4) is 0 Å². The predicted molar refractivity (Wildman–Crippen MR) is 42.5 cm³/mol. The number of rotatable bonds is 3. The number of halogens is 1. The van der Waals surface area contributed by atoms with Crippen molar-refractivity contribution in [2.45, 2.75) is 20.3 Å². The third kappa shape index (κ3) is 4.40. The summed E-state index contributed by atoms with van der Waals surface area (Å²) in [6, 6.07) is 0. The highest BCUT2D eigenvalue weighted by Gasteiger charge is 2.06. The van der Waals surface area contributed by atoms with E-state index in [0.717, 1.165) is 10.9 Å². The molecule has 0 rings (SSSR count). The molecular formula is C7H11BrO. The van der Waals surface area contributed by atoms with Crippen LogP contribution in [-0.2, 0) is 4.79 Å². The van der Waals surface area contributed by atoms with E-state index in [9.17, 15) is 4.79 Å². The second kappa shape index (κ2) is 3.83. The molecule has 0 saturated heterocycles. The fourth-order valence-electron chi connectivity index (χ4n) is 0.476. The fourth-order valence-corrected chi connectivity index (χ4v) is 0.962. The van der Waals surface area contributed by atoms with Gasteiger partial charge < -0.3 is 0 Å². The second-order valence-electron chi connectivity index (χ2n) is 2.23. The number of Topliss-reactive ketones (excluding diaryl/α,β-unsaturated/α-hetero) is 1. The van der Waals surface area contributed by atoms with Gasteiger partial charge in [-0.1, -0.05) is 29.4 Å². The molecule has 52 valence electrons. The molecule has 0 saturated carbocycles. The van der Waals surface area contributed by atoms with Crippen LogP contribution in [0.2, 0.25) is 0 Å². The number of carbonyl (C=O) groups excluding carboxylic acids is 1. The van der Waals surface area contributed by atoms with E-state index in [0.29, 0.717) is 0 Å². The lowest BCUT2D eigenvalue weighted by atomic mass is 10.0. The summed E-state index contributed by atoms with van der Waals surface area (Å²) in [5, 5.41) is 0. The van der Waals surface area contributed by atoms with Crippen molar-refractivity contribution >= 4 is 21.7 Å². The van der Waals surface area contributed by atoms with Gasteiger partial charge in [-0.3, -0.25) is 4.79 Å². The third-order valence-corrected chi connectivity index (χ3v) is 1.55. The first-order chi connectivity index (χ1) is 4.04. The van der Waals surface area contributed by atoms with Crippen LogP contribution in [0, 0.1) is 5.92 Å². The average molecular weight is 191 g/mol. The maximum atomic E-state index is 10.6. The van der Waals surface area contributed by atoms with Crippen molar-refractivity contribution in [3.63, 3.8) is 0 Å². The van der Waals surface area contributed by atoms with Crippen LogP contribution in [0.15, 0.2) is 11.1 Å². The van der Waals surface area contributed by atoms with Gasteiger partial charge in [0.15, 0.2) is 0 Å². The number of allylic oxidation sites excluding steroid dienone is 1. The average Bonchev–Trinajstić information content (AvgIpc) is 1.63. The smallest absolute Gasteiger partial charge is 0.132 e. The van der Waals surface area contributed by atoms with E-state index in [1.165, 1.54) is 0 Å². The topological polar surface area (TPSA) is 17.1 Å². The van der Waals surface area contributed by atoms with Crippen LogP contribution in [-0.4, -0.2) is 5.78 Å². The van der Waals surface area contributed by atoms with Crippen LogP contribution < -0.4 is 0 Å². The summed E-state index contributed by atoms with van der Waals surface area (Å²) in [7, 11) is 0. The predicted octanol–water partition coefficient (Wildman–Crippen LogP) is 2.51. The van der Waals surface area contributed by atoms with Gasteiger partial charge in [0, 0.05) is 5.92 Å². The van der Waals surface area contributed by atoms with Crippen molar-refractivity contribution in [3.05, 3.63) is 11.1 Å². The molecule has 1 unspecified atom stereocenters. The minimum absolute atomic E-state index is 0.108. The van der Waals surface area contributed by atoms with Gasteiger partial charge in [0.1, 0.15) is 5.78 Å². The Bertz CT molecular complexity index is 129. The number of hydrogen-bond donors (Lipinski definition) is 0. The fraction of sp³-hybridized carbons (Fsp3) is 0.571. The molecule has 0 aliphatic rings. The Kier molecular flexibility index (Phi) is 3.78. The molecule has 1 nitrogen and oxygen atoms in total. The SMILES string of the molecule is C=C(Br)CC(C)C(C)=O. The normalized spacial score (nSPS) is 12.8. The van der Waals surface area contributed by atoms with Gasteiger partial charge in [-0.25, -0.2) is 0 Å². The van der Waals surface area contributed by atoms with E-state index >= 15 is 0 Å². The summed E-state index contributed by atoms with van der Waals surface area (Å²) < 4.78 is 0.894. The summed E-state index contributed by atoms with van der Waals surface area (Å²) >= 11 is 3.20. The Balaban J connectivity index is 3.63. The molecule has 0 amide bonds. The minimum atomic E-state index is 0.108. The number of ketones is 1. The summed E-state index contributed by atoms with van der Waals surface area (Å²) in [5.41, 5.74) is 0. The molecule has 2 heteroatoms. The zero-order valence-corrected chi connectivity index (χ0v) is 7.36. The van der Waals surface area contributed by atoms with Gasteiger partial charge in [-0.15, -0.1) is 0 Å². The Morgan fingerprint density at radius 3 is 2.33 bits per heavy atom. The molecule has 0 N–H and O–H groups in total. The van der Waals surface area contributed by atoms with Crippen LogP contribution >= 0.6 is 15.9 Å². The molecule has 0 aliphatic carbocycles. The maximum absolute atomic E-state index is 10.6. The van der Waals surface area contributed by atoms with Gasteiger partial charge >= 0.3 is 0 Å². The first kappa shape index (κ1) is 8.89. The van der Waals surface area contributed by atoms with E-state index in [1.807, 2.05) is 6.92 Å². The van der Waals surface area contributed by atoms with Crippen LogP contribution in [0.4, 0.5) is 0 Å². The lowest BCUT2D eigenvalue weighted by Gasteiger charge is -2.03. The van der Waals surface area contributed by atoms with Gasteiger partial charge in [0.2, 0.25) is 0 Å². The molecule has 0 radical (unpaired) electrons. The molecule has 0 fully saturated rings. The van der Waals surface area contributed by atoms with Gasteiger partial charge in [-0.05, 0) is 17.8 Å². The van der Waals surface area contributed by atoms with Gasteiger partial charge in [0.05, 0.1) is 0 Å². The summed E-state index contributed by atoms with van der Waals surface area (Å²) in [4.78, 5) is 10.6. The van der Waals surface area contributed by atoms with Crippen LogP contribution in [0.25, 0.3) is 0 Å². The highest BCUT2D eigenvalue weighted by Crippen LogP contribution is 2.14. The first-order valence-corrected chi connectivity index (χ1v) is 3.67. The maximum Gasteiger partial charge on any atom is 0.132 e. The van der Waals surface area contributed by atoms with Crippen LogP contribution in [0.1, 0.15) is 20.3 Å². The van der Waals surface area contributed by atoms with E-state index in [2.05, 4.69) is 22.5 Å². The Labute approximate surface area is 64.3 Å². The Morgan fingerprint density at radius 2 is 2.22 bits per heavy atom. The Hall–Kier alpha value is -0.110. The van der Waals surface area contributed by atoms with Crippen molar-refractivity contribution in [1.29, 1.82) is 0 Å². The zero-order valence-electron chi connectivity index (χ0n) is 5.78. The van der Waals surface area contributed by atoms with Crippen molar-refractivity contribution in [3.8, 4) is 0 Å². The van der Waals surface area contributed by atoms with Gasteiger partial charge in [0.25, 0.3) is 0 Å². The molecule has 1 atom stereocenters. The quantitative estimate of drug-likeness (QED) is 0.669. The number of hydrogen-bond acceptors (Lipinski definition) is 1. The second-order valence-corrected chi connectivity index (χ2v) is 3.35. The molecular weight excluding hydrogens is 180 g/mol.